The lowest BCUT2D eigenvalue weighted by molar-refractivity contribution is 0.405. The molecule has 19 heavy (non-hydrogen) atoms. The molecular formula is C17H22N2. The van der Waals surface area contributed by atoms with E-state index in [1.807, 2.05) is 0 Å². The van der Waals surface area contributed by atoms with Crippen LogP contribution in [0.5, 0.6) is 0 Å². The van der Waals surface area contributed by atoms with E-state index in [0.29, 0.717) is 5.92 Å². The van der Waals surface area contributed by atoms with Gasteiger partial charge in [-0.15, -0.1) is 0 Å². The third-order valence-electron chi connectivity index (χ3n) is 4.18. The highest BCUT2D eigenvalue weighted by molar-refractivity contribution is 6.05. The Morgan fingerprint density at radius 3 is 2.16 bits per heavy atom. The standard InChI is InChI=1S/C17H22N2/c1-4-12(2)11-17(3)18-14-9-5-7-13-8-6-10-15(19-17)16(13)14/h5-10,12,18-19H,4,11H2,1-3H3. The topological polar surface area (TPSA) is 24.1 Å². The highest BCUT2D eigenvalue weighted by Crippen LogP contribution is 2.39. The van der Waals surface area contributed by atoms with Crippen LogP contribution in [0, 0.1) is 5.92 Å². The summed E-state index contributed by atoms with van der Waals surface area (Å²) in [5, 5.41) is 9.99. The van der Waals surface area contributed by atoms with Crippen molar-refractivity contribution in [2.24, 2.45) is 5.92 Å². The lowest BCUT2D eigenvalue weighted by Gasteiger charge is -2.40. The van der Waals surface area contributed by atoms with Crippen LogP contribution >= 0.6 is 0 Å². The molecule has 3 rings (SSSR count). The van der Waals surface area contributed by atoms with E-state index in [9.17, 15) is 0 Å². The van der Waals surface area contributed by atoms with Crippen LogP contribution in [0.2, 0.25) is 0 Å². The summed E-state index contributed by atoms with van der Waals surface area (Å²) < 4.78 is 0. The van der Waals surface area contributed by atoms with Crippen molar-refractivity contribution in [3.63, 3.8) is 0 Å². The maximum Gasteiger partial charge on any atom is 0.105 e. The SMILES string of the molecule is CCC(C)CC1(C)Nc2cccc3cccc(c23)N1. The van der Waals surface area contributed by atoms with E-state index in [-0.39, 0.29) is 5.66 Å². The molecule has 2 nitrogen and oxygen atoms in total. The third-order valence-corrected chi connectivity index (χ3v) is 4.18. The van der Waals surface area contributed by atoms with Crippen LogP contribution in [0.4, 0.5) is 11.4 Å². The normalized spacial score (nSPS) is 17.6. The largest absolute Gasteiger partial charge is 0.362 e. The van der Waals surface area contributed by atoms with Gasteiger partial charge in [0.05, 0.1) is 0 Å². The summed E-state index contributed by atoms with van der Waals surface area (Å²) in [6.07, 6.45) is 2.33. The summed E-state index contributed by atoms with van der Waals surface area (Å²) in [5.74, 6) is 0.703. The van der Waals surface area contributed by atoms with E-state index < -0.39 is 0 Å². The summed E-state index contributed by atoms with van der Waals surface area (Å²) in [6.45, 7) is 6.83. The Balaban J connectivity index is 2.03. The number of benzene rings is 2. The fourth-order valence-corrected chi connectivity index (χ4v) is 3.12. The molecule has 0 aliphatic carbocycles. The molecule has 0 saturated carbocycles. The molecule has 1 aliphatic rings. The Kier molecular flexibility index (Phi) is 2.89. The second kappa shape index (κ2) is 4.44. The molecule has 0 radical (unpaired) electrons. The molecule has 1 aliphatic heterocycles. The van der Waals surface area contributed by atoms with E-state index in [4.69, 9.17) is 0 Å². The van der Waals surface area contributed by atoms with Crippen molar-refractivity contribution in [1.82, 2.24) is 0 Å². The molecule has 2 aromatic rings. The maximum absolute atomic E-state index is 3.69. The van der Waals surface area contributed by atoms with Crippen molar-refractivity contribution in [3.05, 3.63) is 36.4 Å². The van der Waals surface area contributed by atoms with Crippen LogP contribution in [-0.2, 0) is 0 Å². The van der Waals surface area contributed by atoms with Crippen molar-refractivity contribution in [2.45, 2.75) is 39.3 Å². The van der Waals surface area contributed by atoms with Crippen LogP contribution in [0.1, 0.15) is 33.6 Å². The molecule has 1 unspecified atom stereocenters. The molecule has 0 saturated heterocycles. The van der Waals surface area contributed by atoms with Gasteiger partial charge in [-0.05, 0) is 36.8 Å². The Labute approximate surface area is 115 Å². The molecule has 2 aromatic carbocycles. The second-order valence-corrected chi connectivity index (χ2v) is 6.01. The average Bonchev–Trinajstić information content (AvgIpc) is 2.38. The Bertz CT molecular complexity index is 562. The van der Waals surface area contributed by atoms with Gasteiger partial charge in [0.1, 0.15) is 5.66 Å². The van der Waals surface area contributed by atoms with Crippen LogP contribution in [0.15, 0.2) is 36.4 Å². The van der Waals surface area contributed by atoms with Gasteiger partial charge in [0.15, 0.2) is 0 Å². The number of rotatable bonds is 3. The zero-order valence-corrected chi connectivity index (χ0v) is 12.0. The molecule has 0 spiro atoms. The fraction of sp³-hybridized carbons (Fsp3) is 0.412. The zero-order chi connectivity index (χ0) is 13.5. The van der Waals surface area contributed by atoms with Crippen LogP contribution < -0.4 is 10.6 Å². The zero-order valence-electron chi connectivity index (χ0n) is 12.0. The molecule has 1 atom stereocenters. The molecule has 0 amide bonds. The average molecular weight is 254 g/mol. The minimum Gasteiger partial charge on any atom is -0.362 e. The summed E-state index contributed by atoms with van der Waals surface area (Å²) in [7, 11) is 0. The maximum atomic E-state index is 3.69. The highest BCUT2D eigenvalue weighted by atomic mass is 15.2. The van der Waals surface area contributed by atoms with Gasteiger partial charge in [0.2, 0.25) is 0 Å². The van der Waals surface area contributed by atoms with E-state index in [0.717, 1.165) is 6.42 Å². The smallest absolute Gasteiger partial charge is 0.105 e. The third kappa shape index (κ3) is 2.16. The fourth-order valence-electron chi connectivity index (χ4n) is 3.12. The highest BCUT2D eigenvalue weighted by Gasteiger charge is 2.30. The van der Waals surface area contributed by atoms with E-state index in [1.165, 1.54) is 28.6 Å². The Hall–Kier alpha value is -1.70. The van der Waals surface area contributed by atoms with E-state index in [2.05, 4.69) is 67.8 Å². The molecule has 0 bridgehead atoms. The van der Waals surface area contributed by atoms with Crippen molar-refractivity contribution in [1.29, 1.82) is 0 Å². The predicted molar refractivity (Wildman–Crippen MR) is 83.7 cm³/mol. The first-order valence-electron chi connectivity index (χ1n) is 7.19. The van der Waals surface area contributed by atoms with Gasteiger partial charge < -0.3 is 10.6 Å². The minimum absolute atomic E-state index is 0.0575. The lowest BCUT2D eigenvalue weighted by atomic mass is 9.91. The predicted octanol–water partition coefficient (Wildman–Crippen LogP) is 4.83. The number of hydrogen-bond donors (Lipinski definition) is 2. The Morgan fingerprint density at radius 1 is 1.05 bits per heavy atom. The van der Waals surface area contributed by atoms with Crippen LogP contribution in [0.3, 0.4) is 0 Å². The van der Waals surface area contributed by atoms with Crippen molar-refractivity contribution in [3.8, 4) is 0 Å². The first-order valence-corrected chi connectivity index (χ1v) is 7.19. The van der Waals surface area contributed by atoms with E-state index >= 15 is 0 Å². The molecule has 100 valence electrons. The number of nitrogens with one attached hydrogen (secondary N) is 2. The molecule has 2 N–H and O–H groups in total. The second-order valence-electron chi connectivity index (χ2n) is 6.01. The summed E-state index contributed by atoms with van der Waals surface area (Å²) in [4.78, 5) is 0. The van der Waals surface area contributed by atoms with Gasteiger partial charge >= 0.3 is 0 Å². The molecule has 0 aromatic heterocycles. The van der Waals surface area contributed by atoms with Crippen LogP contribution in [0.25, 0.3) is 10.8 Å². The molecule has 0 fully saturated rings. The van der Waals surface area contributed by atoms with Gasteiger partial charge in [-0.25, -0.2) is 0 Å². The first kappa shape index (κ1) is 12.3. The summed E-state index contributed by atoms with van der Waals surface area (Å²) >= 11 is 0. The quantitative estimate of drug-likeness (QED) is 0.819. The Morgan fingerprint density at radius 2 is 1.63 bits per heavy atom. The molecular weight excluding hydrogens is 232 g/mol. The first-order chi connectivity index (χ1) is 9.11. The monoisotopic (exact) mass is 254 g/mol. The van der Waals surface area contributed by atoms with Crippen molar-refractivity contribution < 1.29 is 0 Å². The number of hydrogen-bond acceptors (Lipinski definition) is 2. The van der Waals surface area contributed by atoms with Gasteiger partial charge in [0.25, 0.3) is 0 Å². The van der Waals surface area contributed by atoms with Crippen LogP contribution in [-0.4, -0.2) is 5.66 Å². The summed E-state index contributed by atoms with van der Waals surface area (Å²) in [6, 6.07) is 13.0. The summed E-state index contributed by atoms with van der Waals surface area (Å²) in [5.41, 5.74) is 2.44. The van der Waals surface area contributed by atoms with Gasteiger partial charge in [0, 0.05) is 16.8 Å². The van der Waals surface area contributed by atoms with Crippen molar-refractivity contribution >= 4 is 22.1 Å². The van der Waals surface area contributed by atoms with Crippen molar-refractivity contribution in [2.75, 3.05) is 10.6 Å². The van der Waals surface area contributed by atoms with Gasteiger partial charge in [-0.2, -0.15) is 0 Å². The lowest BCUT2D eigenvalue weighted by Crippen LogP contribution is -2.46. The van der Waals surface area contributed by atoms with E-state index in [1.54, 1.807) is 0 Å². The van der Waals surface area contributed by atoms with Gasteiger partial charge in [-0.1, -0.05) is 44.5 Å². The molecule has 2 heteroatoms. The number of anilines is 2. The molecule has 1 heterocycles. The van der Waals surface area contributed by atoms with Gasteiger partial charge in [-0.3, -0.25) is 0 Å². The minimum atomic E-state index is -0.0575.